The highest BCUT2D eigenvalue weighted by Crippen LogP contribution is 2.45. The number of fused-ring (bicyclic) bond motifs is 1. The van der Waals surface area contributed by atoms with Crippen molar-refractivity contribution >= 4 is 35.0 Å². The molecule has 5 nitrogen and oxygen atoms in total. The predicted molar refractivity (Wildman–Crippen MR) is 120 cm³/mol. The first-order valence-corrected chi connectivity index (χ1v) is 10.6. The molecule has 152 valence electrons. The van der Waals surface area contributed by atoms with Crippen molar-refractivity contribution in [2.75, 3.05) is 23.9 Å². The molecule has 0 bridgehead atoms. The van der Waals surface area contributed by atoms with Crippen LogP contribution in [0.15, 0.2) is 83.8 Å². The summed E-state index contributed by atoms with van der Waals surface area (Å²) in [6.07, 6.45) is 0.310. The average molecular weight is 419 g/mol. The number of methoxy groups -OCH3 is 1. The van der Waals surface area contributed by atoms with Gasteiger partial charge >= 0.3 is 0 Å². The fourth-order valence-corrected chi connectivity index (χ4v) is 4.70. The summed E-state index contributed by atoms with van der Waals surface area (Å²) < 4.78 is 5.24. The van der Waals surface area contributed by atoms with Crippen LogP contribution in [0.1, 0.15) is 17.2 Å². The van der Waals surface area contributed by atoms with E-state index >= 15 is 0 Å². The summed E-state index contributed by atoms with van der Waals surface area (Å²) in [5, 5.41) is 2.83. The first-order chi connectivity index (χ1) is 14.6. The molecule has 3 aromatic carbocycles. The first kappa shape index (κ1) is 20.0. The van der Waals surface area contributed by atoms with Crippen molar-refractivity contribution in [3.05, 3.63) is 84.4 Å². The molecule has 3 aromatic rings. The van der Waals surface area contributed by atoms with Gasteiger partial charge in [0.15, 0.2) is 0 Å². The molecule has 0 saturated carbocycles. The zero-order valence-electron chi connectivity index (χ0n) is 16.6. The highest BCUT2D eigenvalue weighted by Gasteiger charge is 2.30. The molecule has 6 heteroatoms. The van der Waals surface area contributed by atoms with Crippen molar-refractivity contribution in [1.29, 1.82) is 0 Å². The zero-order chi connectivity index (χ0) is 20.9. The largest absolute Gasteiger partial charge is 0.497 e. The third kappa shape index (κ3) is 4.49. The molecule has 4 rings (SSSR count). The number of amides is 2. The Bertz CT molecular complexity index is 1040. The van der Waals surface area contributed by atoms with Crippen LogP contribution in [0, 0.1) is 0 Å². The summed E-state index contributed by atoms with van der Waals surface area (Å²) in [5.41, 5.74) is 2.54. The molecule has 1 aliphatic rings. The molecule has 2 amide bonds. The maximum absolute atomic E-state index is 13.2. The van der Waals surface area contributed by atoms with Crippen LogP contribution in [-0.4, -0.2) is 25.5 Å². The third-order valence-corrected chi connectivity index (χ3v) is 6.26. The van der Waals surface area contributed by atoms with Crippen molar-refractivity contribution in [3.8, 4) is 5.75 Å². The highest BCUT2D eigenvalue weighted by molar-refractivity contribution is 7.99. The topological polar surface area (TPSA) is 58.6 Å². The number of nitrogens with zero attached hydrogens (tertiary/aromatic N) is 1. The maximum Gasteiger partial charge on any atom is 0.244 e. The zero-order valence-corrected chi connectivity index (χ0v) is 17.4. The second-order valence-electron chi connectivity index (χ2n) is 6.95. The summed E-state index contributed by atoms with van der Waals surface area (Å²) in [6.45, 7) is -0.0271. The Labute approximate surface area is 180 Å². The lowest BCUT2D eigenvalue weighted by atomic mass is 10.1. The summed E-state index contributed by atoms with van der Waals surface area (Å²) in [6, 6.07) is 24.8. The summed E-state index contributed by atoms with van der Waals surface area (Å²) in [4.78, 5) is 28.4. The lowest BCUT2D eigenvalue weighted by Gasteiger charge is -2.22. The van der Waals surface area contributed by atoms with Gasteiger partial charge in [0.05, 0.1) is 12.8 Å². The Morgan fingerprint density at radius 2 is 1.73 bits per heavy atom. The number of benzene rings is 3. The Kier molecular flexibility index (Phi) is 6.05. The Hall–Kier alpha value is -3.25. The minimum atomic E-state index is -0.225. The van der Waals surface area contributed by atoms with E-state index in [9.17, 15) is 9.59 Å². The van der Waals surface area contributed by atoms with E-state index in [2.05, 4.69) is 5.32 Å². The number of ether oxygens (including phenoxy) is 1. The van der Waals surface area contributed by atoms with Crippen LogP contribution in [0.2, 0.25) is 0 Å². The van der Waals surface area contributed by atoms with Gasteiger partial charge < -0.3 is 15.0 Å². The molecule has 0 fully saturated rings. The molecule has 0 saturated heterocycles. The van der Waals surface area contributed by atoms with Crippen molar-refractivity contribution in [2.45, 2.75) is 16.6 Å². The predicted octanol–water partition coefficient (Wildman–Crippen LogP) is 4.90. The third-order valence-electron chi connectivity index (χ3n) is 4.93. The Morgan fingerprint density at radius 3 is 2.47 bits per heavy atom. The number of thioether (sulfide) groups is 1. The fraction of sp³-hybridized carbons (Fsp3) is 0.167. The number of anilines is 2. The average Bonchev–Trinajstić information content (AvgIpc) is 2.91. The molecule has 0 spiro atoms. The highest BCUT2D eigenvalue weighted by atomic mass is 32.2. The van der Waals surface area contributed by atoms with Crippen LogP contribution < -0.4 is 15.0 Å². The monoisotopic (exact) mass is 418 g/mol. The van der Waals surface area contributed by atoms with Gasteiger partial charge in [-0.25, -0.2) is 0 Å². The van der Waals surface area contributed by atoms with Crippen molar-refractivity contribution in [2.24, 2.45) is 0 Å². The summed E-state index contributed by atoms with van der Waals surface area (Å²) >= 11 is 1.65. The number of carbonyl (C=O) groups is 2. The number of para-hydroxylation sites is 2. The van der Waals surface area contributed by atoms with Crippen LogP contribution in [0.25, 0.3) is 0 Å². The molecule has 0 aromatic heterocycles. The van der Waals surface area contributed by atoms with E-state index in [1.807, 2.05) is 78.9 Å². The molecule has 1 N–H and O–H groups in total. The Balaban J connectivity index is 1.58. The van der Waals surface area contributed by atoms with Gasteiger partial charge in [-0.1, -0.05) is 42.5 Å². The van der Waals surface area contributed by atoms with Crippen molar-refractivity contribution in [1.82, 2.24) is 0 Å². The van der Waals surface area contributed by atoms with E-state index in [0.717, 1.165) is 21.9 Å². The second-order valence-corrected chi connectivity index (χ2v) is 8.19. The van der Waals surface area contributed by atoms with Crippen LogP contribution in [0.3, 0.4) is 0 Å². The van der Waals surface area contributed by atoms with Gasteiger partial charge in [-0.2, -0.15) is 0 Å². The normalized spacial score (nSPS) is 15.8. The number of rotatable bonds is 5. The lowest BCUT2D eigenvalue weighted by molar-refractivity contribution is -0.121. The smallest absolute Gasteiger partial charge is 0.244 e. The molecule has 1 aliphatic heterocycles. The summed E-state index contributed by atoms with van der Waals surface area (Å²) in [7, 11) is 1.63. The van der Waals surface area contributed by atoms with Gasteiger partial charge in [-0.15, -0.1) is 11.8 Å². The number of carbonyl (C=O) groups excluding carboxylic acids is 2. The number of nitrogens with one attached hydrogen (secondary N) is 1. The van der Waals surface area contributed by atoms with Gasteiger partial charge in [-0.05, 0) is 42.0 Å². The molecular weight excluding hydrogens is 396 g/mol. The van der Waals surface area contributed by atoms with Crippen LogP contribution in [0.5, 0.6) is 5.75 Å². The SMILES string of the molecule is COc1ccc([C@@H]2CC(=O)N(CC(=O)Nc3ccccc3)c3ccccc3S2)cc1. The summed E-state index contributed by atoms with van der Waals surface area (Å²) in [5.74, 6) is 0.483. The molecule has 30 heavy (non-hydrogen) atoms. The van der Waals surface area contributed by atoms with Gasteiger partial charge in [-0.3, -0.25) is 9.59 Å². The molecule has 1 heterocycles. The minimum absolute atomic E-state index is 0.0271. The molecule has 0 unspecified atom stereocenters. The maximum atomic E-state index is 13.2. The van der Waals surface area contributed by atoms with Crippen molar-refractivity contribution < 1.29 is 14.3 Å². The lowest BCUT2D eigenvalue weighted by Crippen LogP contribution is -2.38. The van der Waals surface area contributed by atoms with E-state index in [0.29, 0.717) is 12.1 Å². The molecular formula is C24H22N2O3S. The standard InChI is InChI=1S/C24H22N2O3S/c1-29-19-13-11-17(12-14-19)22-15-24(28)26(20-9-5-6-10-21(20)30-22)16-23(27)25-18-7-3-2-4-8-18/h2-14,22H,15-16H2,1H3,(H,25,27)/t22-/m0/s1. The van der Waals surface area contributed by atoms with Crippen LogP contribution in [-0.2, 0) is 9.59 Å². The first-order valence-electron chi connectivity index (χ1n) is 9.69. The molecule has 0 radical (unpaired) electrons. The quantitative estimate of drug-likeness (QED) is 0.640. The van der Waals surface area contributed by atoms with Gasteiger partial charge in [0, 0.05) is 22.3 Å². The van der Waals surface area contributed by atoms with Gasteiger partial charge in [0.2, 0.25) is 11.8 Å². The molecule has 0 aliphatic carbocycles. The Morgan fingerprint density at radius 1 is 1.03 bits per heavy atom. The van der Waals surface area contributed by atoms with E-state index in [1.54, 1.807) is 23.8 Å². The van der Waals surface area contributed by atoms with Crippen molar-refractivity contribution in [3.63, 3.8) is 0 Å². The second kappa shape index (κ2) is 9.05. The van der Waals surface area contributed by atoms with Crippen LogP contribution >= 0.6 is 11.8 Å². The fourth-order valence-electron chi connectivity index (χ4n) is 3.42. The minimum Gasteiger partial charge on any atom is -0.497 e. The van der Waals surface area contributed by atoms with Crippen LogP contribution in [0.4, 0.5) is 11.4 Å². The van der Waals surface area contributed by atoms with Gasteiger partial charge in [0.1, 0.15) is 12.3 Å². The van der Waals surface area contributed by atoms with E-state index < -0.39 is 0 Å². The van der Waals surface area contributed by atoms with E-state index in [4.69, 9.17) is 4.74 Å². The number of hydrogen-bond donors (Lipinski definition) is 1. The number of hydrogen-bond acceptors (Lipinski definition) is 4. The van der Waals surface area contributed by atoms with Gasteiger partial charge in [0.25, 0.3) is 0 Å². The van der Waals surface area contributed by atoms with E-state index in [-0.39, 0.29) is 23.6 Å². The van der Waals surface area contributed by atoms with E-state index in [1.165, 1.54) is 0 Å². The molecule has 1 atom stereocenters.